The molecule has 1 aromatic carbocycles. The average molecular weight is 472 g/mol. The molecule has 32 heavy (non-hydrogen) atoms. The summed E-state index contributed by atoms with van der Waals surface area (Å²) in [5.41, 5.74) is 1.65. The minimum absolute atomic E-state index is 0.0980. The van der Waals surface area contributed by atoms with Gasteiger partial charge in [-0.2, -0.15) is 4.98 Å². The van der Waals surface area contributed by atoms with Crippen molar-refractivity contribution < 1.29 is 13.9 Å². The van der Waals surface area contributed by atoms with Gasteiger partial charge in [0.15, 0.2) is 0 Å². The summed E-state index contributed by atoms with van der Waals surface area (Å²) in [6.07, 6.45) is 0. The first-order valence-corrected chi connectivity index (χ1v) is 11.6. The third-order valence-corrected chi connectivity index (χ3v) is 7.33. The van der Waals surface area contributed by atoms with Gasteiger partial charge < -0.3 is 13.9 Å². The first-order valence-electron chi connectivity index (χ1n) is 10.4. The normalized spacial score (nSPS) is 15.0. The number of halogens is 1. The third-order valence-electron chi connectivity index (χ3n) is 5.79. The Morgan fingerprint density at radius 1 is 1.16 bits per heavy atom. The Bertz CT molecular complexity index is 1390. The maximum Gasteiger partial charge on any atom is 0.355 e. The van der Waals surface area contributed by atoms with Crippen LogP contribution in [0.4, 0.5) is 0 Å². The summed E-state index contributed by atoms with van der Waals surface area (Å²) in [6.45, 7) is 9.70. The van der Waals surface area contributed by atoms with Gasteiger partial charge in [-0.15, -0.1) is 11.3 Å². The van der Waals surface area contributed by atoms with Crippen LogP contribution in [0, 0.1) is 20.8 Å². The summed E-state index contributed by atoms with van der Waals surface area (Å²) < 4.78 is 17.1. The van der Waals surface area contributed by atoms with Crippen molar-refractivity contribution in [3.8, 4) is 11.6 Å². The Balaban J connectivity index is 1.56. The van der Waals surface area contributed by atoms with Gasteiger partial charge in [0, 0.05) is 29.4 Å². The van der Waals surface area contributed by atoms with Gasteiger partial charge in [0.25, 0.3) is 0 Å². The highest BCUT2D eigenvalue weighted by Gasteiger charge is 2.19. The number of rotatable bonds is 4. The van der Waals surface area contributed by atoms with E-state index in [9.17, 15) is 4.79 Å². The summed E-state index contributed by atoms with van der Waals surface area (Å²) in [4.78, 5) is 25.9. The van der Waals surface area contributed by atoms with E-state index in [2.05, 4.69) is 18.7 Å². The van der Waals surface area contributed by atoms with Crippen molar-refractivity contribution in [2.24, 2.45) is 0 Å². The van der Waals surface area contributed by atoms with Gasteiger partial charge in [-0.3, -0.25) is 4.90 Å². The number of hydrogen-bond acceptors (Lipinski definition) is 8. The molecule has 1 fully saturated rings. The van der Waals surface area contributed by atoms with Gasteiger partial charge in [0.05, 0.1) is 25.1 Å². The number of benzene rings is 1. The zero-order chi connectivity index (χ0) is 22.4. The third kappa shape index (κ3) is 3.88. The second-order valence-corrected chi connectivity index (χ2v) is 9.47. The summed E-state index contributed by atoms with van der Waals surface area (Å²) in [5, 5.41) is 1.78. The van der Waals surface area contributed by atoms with Crippen LogP contribution in [-0.2, 0) is 11.3 Å². The van der Waals surface area contributed by atoms with Crippen LogP contribution >= 0.6 is 22.9 Å². The summed E-state index contributed by atoms with van der Waals surface area (Å²) >= 11 is 7.68. The number of morpholine rings is 1. The second-order valence-electron chi connectivity index (χ2n) is 7.89. The number of thiophene rings is 1. The van der Waals surface area contributed by atoms with Crippen LogP contribution in [0.2, 0.25) is 5.02 Å². The van der Waals surface area contributed by atoms with Gasteiger partial charge in [-0.25, -0.2) is 9.78 Å². The molecule has 166 valence electrons. The van der Waals surface area contributed by atoms with Gasteiger partial charge >= 0.3 is 5.63 Å². The zero-order valence-corrected chi connectivity index (χ0v) is 19.6. The molecule has 0 amide bonds. The standard InChI is InChI=1S/C23H22ClN3O4S/c1-12-14(3)32-22-19(12)21(25-18(26-22)11-27-6-8-29-9-7-27)30-15-4-5-16-13(2)20(24)23(28)31-17(16)10-15/h4-5,10H,6-9,11H2,1-3H3. The predicted molar refractivity (Wildman–Crippen MR) is 125 cm³/mol. The van der Waals surface area contributed by atoms with E-state index in [4.69, 9.17) is 35.5 Å². The van der Waals surface area contributed by atoms with Crippen molar-refractivity contribution in [1.29, 1.82) is 0 Å². The van der Waals surface area contributed by atoms with Gasteiger partial charge in [0.1, 0.15) is 27.0 Å². The Kier molecular flexibility index (Phi) is 5.63. The number of hydrogen-bond donors (Lipinski definition) is 0. The SMILES string of the molecule is Cc1sc2nc(CN3CCOCC3)nc(Oc3ccc4c(C)c(Cl)c(=O)oc4c3)c2c1C. The molecule has 0 spiro atoms. The number of fused-ring (bicyclic) bond motifs is 2. The lowest BCUT2D eigenvalue weighted by Gasteiger charge is -2.25. The first kappa shape index (κ1) is 21.3. The smallest absolute Gasteiger partial charge is 0.355 e. The number of aryl methyl sites for hydroxylation is 3. The lowest BCUT2D eigenvalue weighted by atomic mass is 10.1. The van der Waals surface area contributed by atoms with Gasteiger partial charge in [0.2, 0.25) is 5.88 Å². The molecule has 0 bridgehead atoms. The monoisotopic (exact) mass is 471 g/mol. The molecular weight excluding hydrogens is 450 g/mol. The molecule has 0 saturated carbocycles. The van der Waals surface area contributed by atoms with Crippen molar-refractivity contribution in [2.45, 2.75) is 27.3 Å². The minimum Gasteiger partial charge on any atom is -0.438 e. The number of ether oxygens (including phenoxy) is 2. The van der Waals surface area contributed by atoms with Crippen molar-refractivity contribution >= 4 is 44.1 Å². The molecule has 0 atom stereocenters. The summed E-state index contributed by atoms with van der Waals surface area (Å²) in [7, 11) is 0. The first-order chi connectivity index (χ1) is 15.4. The molecule has 0 aliphatic carbocycles. The minimum atomic E-state index is -0.560. The summed E-state index contributed by atoms with van der Waals surface area (Å²) in [5.74, 6) is 1.75. The molecule has 1 saturated heterocycles. The Labute approximate surface area is 193 Å². The fourth-order valence-electron chi connectivity index (χ4n) is 3.85. The molecule has 0 unspecified atom stereocenters. The molecule has 0 N–H and O–H groups in total. The lowest BCUT2D eigenvalue weighted by molar-refractivity contribution is 0.0330. The number of aromatic nitrogens is 2. The summed E-state index contributed by atoms with van der Waals surface area (Å²) in [6, 6.07) is 5.37. The molecule has 7 nitrogen and oxygen atoms in total. The average Bonchev–Trinajstić information content (AvgIpc) is 3.06. The van der Waals surface area contributed by atoms with E-state index in [-0.39, 0.29) is 5.02 Å². The molecule has 9 heteroatoms. The van der Waals surface area contributed by atoms with Crippen LogP contribution < -0.4 is 10.4 Å². The largest absolute Gasteiger partial charge is 0.438 e. The highest BCUT2D eigenvalue weighted by molar-refractivity contribution is 7.18. The topological polar surface area (TPSA) is 77.7 Å². The van der Waals surface area contributed by atoms with Crippen LogP contribution in [0.3, 0.4) is 0 Å². The highest BCUT2D eigenvalue weighted by atomic mass is 35.5. The van der Waals surface area contributed by atoms with E-state index in [1.165, 1.54) is 4.88 Å². The van der Waals surface area contributed by atoms with Crippen LogP contribution in [0.25, 0.3) is 21.2 Å². The quantitative estimate of drug-likeness (QED) is 0.387. The molecule has 4 aromatic rings. The molecule has 1 aliphatic heterocycles. The molecule has 4 heterocycles. The molecular formula is C23H22ClN3O4S. The van der Waals surface area contributed by atoms with E-state index in [0.29, 0.717) is 48.4 Å². The Hall–Kier alpha value is -2.52. The fraction of sp³-hybridized carbons (Fsp3) is 0.348. The van der Waals surface area contributed by atoms with Crippen molar-refractivity contribution in [1.82, 2.24) is 14.9 Å². The number of nitrogens with zero attached hydrogens (tertiary/aromatic N) is 3. The van der Waals surface area contributed by atoms with E-state index < -0.39 is 5.63 Å². The van der Waals surface area contributed by atoms with Crippen LogP contribution in [0.15, 0.2) is 27.4 Å². The maximum atomic E-state index is 12.0. The molecule has 1 aliphatic rings. The predicted octanol–water partition coefficient (Wildman–Crippen LogP) is 5.00. The zero-order valence-electron chi connectivity index (χ0n) is 18.0. The van der Waals surface area contributed by atoms with E-state index in [0.717, 1.165) is 34.3 Å². The van der Waals surface area contributed by atoms with Crippen LogP contribution in [0.1, 0.15) is 21.8 Å². The van der Waals surface area contributed by atoms with E-state index in [1.807, 2.05) is 12.1 Å². The van der Waals surface area contributed by atoms with E-state index >= 15 is 0 Å². The van der Waals surface area contributed by atoms with Crippen molar-refractivity contribution in [3.05, 3.63) is 55.5 Å². The highest BCUT2D eigenvalue weighted by Crippen LogP contribution is 2.37. The van der Waals surface area contributed by atoms with Crippen molar-refractivity contribution in [2.75, 3.05) is 26.3 Å². The van der Waals surface area contributed by atoms with Crippen molar-refractivity contribution in [3.63, 3.8) is 0 Å². The molecule has 5 rings (SSSR count). The van der Waals surface area contributed by atoms with Gasteiger partial charge in [-0.1, -0.05) is 11.6 Å². The molecule has 3 aromatic heterocycles. The van der Waals surface area contributed by atoms with Gasteiger partial charge in [-0.05, 0) is 44.0 Å². The van der Waals surface area contributed by atoms with Crippen LogP contribution in [-0.4, -0.2) is 41.2 Å². The fourth-order valence-corrected chi connectivity index (χ4v) is 5.03. The van der Waals surface area contributed by atoms with Crippen LogP contribution in [0.5, 0.6) is 11.6 Å². The Morgan fingerprint density at radius 2 is 1.94 bits per heavy atom. The second kappa shape index (κ2) is 8.44. The van der Waals surface area contributed by atoms with E-state index in [1.54, 1.807) is 24.3 Å². The maximum absolute atomic E-state index is 12.0. The molecule has 0 radical (unpaired) electrons. The Morgan fingerprint density at radius 3 is 2.72 bits per heavy atom. The lowest BCUT2D eigenvalue weighted by Crippen LogP contribution is -2.36.